The van der Waals surface area contributed by atoms with Gasteiger partial charge in [0.25, 0.3) is 0 Å². The number of unbranched alkanes of at least 4 members (excludes halogenated alkanes) is 3. The van der Waals surface area contributed by atoms with Gasteiger partial charge in [-0.25, -0.2) is 0 Å². The summed E-state index contributed by atoms with van der Waals surface area (Å²) in [6.45, 7) is 12.2. The molecule has 0 spiro atoms. The van der Waals surface area contributed by atoms with Gasteiger partial charge in [-0.2, -0.15) is 0 Å². The molecule has 1 aromatic rings. The Bertz CT molecular complexity index is 2670. The molecule has 11 atom stereocenters. The Hall–Kier alpha value is -8.81. The summed E-state index contributed by atoms with van der Waals surface area (Å²) in [5, 5.41) is 66.2. The van der Waals surface area contributed by atoms with Crippen LogP contribution < -0.4 is 70.0 Å². The van der Waals surface area contributed by atoms with E-state index in [9.17, 15) is 92.3 Å². The van der Waals surface area contributed by atoms with E-state index >= 15 is 0 Å². The van der Waals surface area contributed by atoms with Crippen LogP contribution in [0.15, 0.2) is 30.3 Å². The lowest BCUT2D eigenvalue weighted by Gasteiger charge is -2.28. The van der Waals surface area contributed by atoms with Gasteiger partial charge in [0.2, 0.25) is 65.0 Å². The highest BCUT2D eigenvalue weighted by Gasteiger charge is 2.36. The van der Waals surface area contributed by atoms with Crippen molar-refractivity contribution >= 4 is 88.9 Å². The zero-order chi connectivity index (χ0) is 70.3. The second-order valence-electron chi connectivity index (χ2n) is 23.1. The molecule has 1 aromatic carbocycles. The minimum atomic E-state index is -1.83. The number of carbonyl (C=O) groups is 15. The third-order valence-corrected chi connectivity index (χ3v) is 14.9. The SMILES string of the molecule is CCCC[C@H](NC(=O)[C@H](CCC(N)=O)NC(=O)[C@H](CCCCN)NC(=O)[C@@H](CC)NC(=O)[C@H](CCCC)NC(=O)[C@H](CC(=O)O)NCc1ccccc1)C(=O)N[C@@H](CCC(=O)O)C(=O)N[C@@H](CCC(=O)O)C(=O)N[C@@H](CCC(=O)O)C(=O)N[C@@H](C)C(=O)N[C@H](C)C(C)C. The quantitative estimate of drug-likeness (QED) is 0.0346. The second kappa shape index (κ2) is 44.6. The molecule has 32 heteroatoms. The van der Waals surface area contributed by atoms with Crippen molar-refractivity contribution in [3.63, 3.8) is 0 Å². The number of nitrogens with two attached hydrogens (primary N) is 2. The van der Waals surface area contributed by atoms with Gasteiger partial charge in [0, 0.05) is 38.3 Å². The molecule has 0 aromatic heterocycles. The second-order valence-corrected chi connectivity index (χ2v) is 23.1. The predicted molar refractivity (Wildman–Crippen MR) is 336 cm³/mol. The number of carbonyl (C=O) groups excluding carboxylic acids is 11. The Balaban J connectivity index is 3.57. The molecule has 93 heavy (non-hydrogen) atoms. The fourth-order valence-corrected chi connectivity index (χ4v) is 8.98. The zero-order valence-electron chi connectivity index (χ0n) is 54.2. The van der Waals surface area contributed by atoms with Crippen molar-refractivity contribution in [2.24, 2.45) is 17.4 Å². The summed E-state index contributed by atoms with van der Waals surface area (Å²) in [4.78, 5) is 198. The van der Waals surface area contributed by atoms with E-state index in [1.165, 1.54) is 6.92 Å². The lowest BCUT2D eigenvalue weighted by Crippen LogP contribution is -2.60. The van der Waals surface area contributed by atoms with Crippen LogP contribution in [0.1, 0.15) is 176 Å². The van der Waals surface area contributed by atoms with E-state index in [0.717, 1.165) is 5.56 Å². The van der Waals surface area contributed by atoms with E-state index in [0.29, 0.717) is 25.7 Å². The highest BCUT2D eigenvalue weighted by molar-refractivity contribution is 5.99. The largest absolute Gasteiger partial charge is 0.481 e. The number of aliphatic carboxylic acids is 4. The molecule has 32 nitrogen and oxygen atoms in total. The Morgan fingerprint density at radius 3 is 1.05 bits per heavy atom. The Kier molecular flexibility index (Phi) is 39.5. The minimum Gasteiger partial charge on any atom is -0.481 e. The molecule has 0 aliphatic heterocycles. The molecule has 0 aliphatic carbocycles. The van der Waals surface area contributed by atoms with Crippen LogP contribution in [0.25, 0.3) is 0 Å². The lowest BCUT2D eigenvalue weighted by atomic mass is 10.0. The normalized spacial score (nSPS) is 14.6. The van der Waals surface area contributed by atoms with Gasteiger partial charge in [-0.1, -0.05) is 90.6 Å². The molecule has 0 aliphatic rings. The van der Waals surface area contributed by atoms with E-state index in [-0.39, 0.29) is 63.6 Å². The average molecular weight is 1320 g/mol. The van der Waals surface area contributed by atoms with Crippen molar-refractivity contribution in [3.05, 3.63) is 35.9 Å². The molecule has 0 radical (unpaired) electrons. The van der Waals surface area contributed by atoms with Gasteiger partial charge in [0.05, 0.1) is 12.5 Å². The van der Waals surface area contributed by atoms with Gasteiger partial charge >= 0.3 is 23.9 Å². The average Bonchev–Trinajstić information content (AvgIpc) is 1.56. The number of rotatable bonds is 49. The zero-order valence-corrected chi connectivity index (χ0v) is 54.2. The van der Waals surface area contributed by atoms with Crippen molar-refractivity contribution in [1.29, 1.82) is 0 Å². The topological polar surface area (TPSA) is 521 Å². The van der Waals surface area contributed by atoms with Crippen LogP contribution in [0.5, 0.6) is 0 Å². The van der Waals surface area contributed by atoms with Crippen LogP contribution >= 0.6 is 0 Å². The maximum absolute atomic E-state index is 14.3. The Labute approximate surface area is 541 Å². The van der Waals surface area contributed by atoms with Crippen LogP contribution in [0, 0.1) is 5.92 Å². The first-order chi connectivity index (χ1) is 43.9. The van der Waals surface area contributed by atoms with E-state index < -0.39 is 207 Å². The van der Waals surface area contributed by atoms with Gasteiger partial charge < -0.3 is 90.4 Å². The van der Waals surface area contributed by atoms with E-state index in [1.807, 2.05) is 20.8 Å². The monoisotopic (exact) mass is 1320 g/mol. The van der Waals surface area contributed by atoms with Crippen LogP contribution in [0.3, 0.4) is 0 Å². The molecular formula is C61H99N13O19. The summed E-state index contributed by atoms with van der Waals surface area (Å²) < 4.78 is 0. The third kappa shape index (κ3) is 33.9. The molecule has 11 amide bonds. The van der Waals surface area contributed by atoms with Crippen molar-refractivity contribution < 1.29 is 92.3 Å². The standard InChI is InChI=1S/C61H99N13O19/c1-8-11-20-39(70-61(93)46(32-51(82)83)64-33-37-18-14-13-15-19-37)55(87)67-38(10-3)53(85)68-41(22-16-17-31-62)57(89)71-42(23-27-47(63)75)58(90)69-40(21-12-9-2)56(88)73-44(25-29-49(78)79)60(92)74-45(26-30-50(80)81)59(91)72-43(24-28-48(76)77)54(86)66-36(7)52(84)65-35(6)34(4)5/h13-15,18-19,34-36,38-46,64H,8-12,16-17,20-33,62H2,1-7H3,(H2,63,75)(H,65,84)(H,66,86)(H,67,87)(H,68,85)(H,69,90)(H,70,93)(H,71,89)(H,72,91)(H,73,88)(H,74,92)(H,76,77)(H,78,79)(H,80,81)(H,82,83)/t35-,36+,38-,39+,40+,41+,42+,43+,44+,45+,46+/m1/s1. The van der Waals surface area contributed by atoms with Crippen LogP contribution in [0.2, 0.25) is 0 Å². The maximum Gasteiger partial charge on any atom is 0.305 e. The summed E-state index contributed by atoms with van der Waals surface area (Å²) >= 11 is 0. The molecule has 0 bridgehead atoms. The molecule has 19 N–H and O–H groups in total. The molecule has 522 valence electrons. The summed E-state index contributed by atoms with van der Waals surface area (Å²) in [7, 11) is 0. The summed E-state index contributed by atoms with van der Waals surface area (Å²) in [5.74, 6) is -16.0. The van der Waals surface area contributed by atoms with Crippen molar-refractivity contribution in [1.82, 2.24) is 58.5 Å². The number of carboxylic acid groups (broad SMARTS) is 4. The minimum absolute atomic E-state index is 0.0126. The fraction of sp³-hybridized carbons (Fsp3) is 0.656. The fourth-order valence-electron chi connectivity index (χ4n) is 8.98. The Morgan fingerprint density at radius 2 is 0.720 bits per heavy atom. The van der Waals surface area contributed by atoms with E-state index in [4.69, 9.17) is 11.5 Å². The molecular weight excluding hydrogens is 1220 g/mol. The van der Waals surface area contributed by atoms with Crippen LogP contribution in [-0.2, 0) is 78.5 Å². The number of benzene rings is 1. The first kappa shape index (κ1) is 82.2. The van der Waals surface area contributed by atoms with Crippen molar-refractivity contribution in [2.75, 3.05) is 6.54 Å². The molecule has 1 rings (SSSR count). The molecule has 0 fully saturated rings. The van der Waals surface area contributed by atoms with Crippen molar-refractivity contribution in [2.45, 2.75) is 243 Å². The number of carboxylic acids is 4. The third-order valence-electron chi connectivity index (χ3n) is 14.9. The lowest BCUT2D eigenvalue weighted by molar-refractivity contribution is -0.140. The van der Waals surface area contributed by atoms with Crippen LogP contribution in [-0.4, -0.2) is 182 Å². The predicted octanol–water partition coefficient (Wildman–Crippen LogP) is -1.06. The molecule has 0 unspecified atom stereocenters. The van der Waals surface area contributed by atoms with Gasteiger partial charge in [-0.15, -0.1) is 0 Å². The maximum atomic E-state index is 14.3. The highest BCUT2D eigenvalue weighted by atomic mass is 16.4. The number of nitrogens with one attached hydrogen (secondary N) is 11. The number of primary amides is 1. The molecule has 0 heterocycles. The first-order valence-electron chi connectivity index (χ1n) is 31.5. The number of hydrogen-bond acceptors (Lipinski definition) is 17. The van der Waals surface area contributed by atoms with Gasteiger partial charge in [-0.05, 0) is 96.1 Å². The van der Waals surface area contributed by atoms with Crippen molar-refractivity contribution in [3.8, 4) is 0 Å². The Morgan fingerprint density at radius 1 is 0.387 bits per heavy atom. The molecule has 0 saturated carbocycles. The highest BCUT2D eigenvalue weighted by Crippen LogP contribution is 2.13. The molecule has 0 saturated heterocycles. The van der Waals surface area contributed by atoms with Gasteiger partial charge in [0.1, 0.15) is 54.4 Å². The van der Waals surface area contributed by atoms with E-state index in [1.54, 1.807) is 51.1 Å². The first-order valence-corrected chi connectivity index (χ1v) is 31.5. The van der Waals surface area contributed by atoms with Gasteiger partial charge in [0.15, 0.2) is 0 Å². The summed E-state index contributed by atoms with van der Waals surface area (Å²) in [5.41, 5.74) is 12.0. The summed E-state index contributed by atoms with van der Waals surface area (Å²) in [6, 6.07) is -6.36. The number of hydrogen-bond donors (Lipinski definition) is 17. The smallest absolute Gasteiger partial charge is 0.305 e. The summed E-state index contributed by atoms with van der Waals surface area (Å²) in [6.07, 6.45) is -3.44. The van der Waals surface area contributed by atoms with Crippen LogP contribution in [0.4, 0.5) is 0 Å². The number of amides is 11. The van der Waals surface area contributed by atoms with E-state index in [2.05, 4.69) is 58.5 Å². The van der Waals surface area contributed by atoms with Gasteiger partial charge in [-0.3, -0.25) is 71.9 Å².